The van der Waals surface area contributed by atoms with Gasteiger partial charge in [-0.05, 0) is 54.7 Å². The van der Waals surface area contributed by atoms with Crippen LogP contribution in [-0.2, 0) is 23.2 Å². The molecule has 1 aliphatic rings. The molecule has 0 bridgehead atoms. The van der Waals surface area contributed by atoms with Crippen molar-refractivity contribution in [2.45, 2.75) is 45.8 Å². The third-order valence-electron chi connectivity index (χ3n) is 5.50. The molecule has 6 nitrogen and oxygen atoms in total. The first-order valence-corrected chi connectivity index (χ1v) is 10.0. The molecule has 2 aromatic carbocycles. The molecule has 2 aromatic rings. The third kappa shape index (κ3) is 4.42. The lowest BCUT2D eigenvalue weighted by atomic mass is 9.92. The quantitative estimate of drug-likeness (QED) is 0.506. The van der Waals surface area contributed by atoms with E-state index in [9.17, 15) is 23.2 Å². The van der Waals surface area contributed by atoms with Crippen molar-refractivity contribution in [2.24, 2.45) is 0 Å². The highest BCUT2D eigenvalue weighted by Crippen LogP contribution is 2.30. The van der Waals surface area contributed by atoms with Crippen LogP contribution in [0.15, 0.2) is 42.5 Å². The summed E-state index contributed by atoms with van der Waals surface area (Å²) in [5.74, 6) is -0.965. The van der Waals surface area contributed by atoms with Crippen LogP contribution in [0.5, 0.6) is 5.75 Å². The van der Waals surface area contributed by atoms with Crippen molar-refractivity contribution in [3.8, 4) is 5.75 Å². The van der Waals surface area contributed by atoms with Crippen molar-refractivity contribution < 1.29 is 27.9 Å². The van der Waals surface area contributed by atoms with E-state index in [1.807, 2.05) is 26.0 Å². The first-order valence-electron chi connectivity index (χ1n) is 10.0. The number of hydrogen-bond acceptors (Lipinski definition) is 4. The highest BCUT2D eigenvalue weighted by molar-refractivity contribution is 6.11. The lowest BCUT2D eigenvalue weighted by Crippen LogP contribution is -2.41. The number of hydrogen-bond donors (Lipinski definition) is 1. The van der Waals surface area contributed by atoms with E-state index in [-0.39, 0.29) is 18.1 Å². The van der Waals surface area contributed by atoms with Crippen LogP contribution in [0.2, 0.25) is 0 Å². The fourth-order valence-corrected chi connectivity index (χ4v) is 3.65. The van der Waals surface area contributed by atoms with E-state index in [1.165, 1.54) is 31.2 Å². The summed E-state index contributed by atoms with van der Waals surface area (Å²) in [4.78, 5) is 39.5. The average molecular weight is 430 g/mol. The van der Waals surface area contributed by atoms with Crippen LogP contribution in [0.25, 0.3) is 0 Å². The first kappa shape index (κ1) is 22.4. The molecule has 164 valence electrons. The Morgan fingerprint density at radius 2 is 1.77 bits per heavy atom. The minimum absolute atomic E-state index is 0.0611. The van der Waals surface area contributed by atoms with Crippen LogP contribution in [0.3, 0.4) is 0 Å². The van der Waals surface area contributed by atoms with Crippen LogP contribution in [0.4, 0.5) is 13.6 Å². The maximum atomic E-state index is 13.1. The van der Waals surface area contributed by atoms with Gasteiger partial charge in [-0.2, -0.15) is 8.78 Å². The van der Waals surface area contributed by atoms with Gasteiger partial charge in [0.25, 0.3) is 5.91 Å². The van der Waals surface area contributed by atoms with Crippen molar-refractivity contribution in [3.63, 3.8) is 0 Å². The molecule has 8 heteroatoms. The summed E-state index contributed by atoms with van der Waals surface area (Å²) < 4.78 is 29.0. The number of halogens is 2. The van der Waals surface area contributed by atoms with E-state index < -0.39 is 24.1 Å². The number of nitrogens with zero attached hydrogens (tertiary/aromatic N) is 1. The molecule has 1 aliphatic heterocycles. The molecule has 1 heterocycles. The van der Waals surface area contributed by atoms with Gasteiger partial charge >= 0.3 is 12.6 Å². The number of alkyl halides is 2. The van der Waals surface area contributed by atoms with Crippen LogP contribution in [-0.4, -0.2) is 35.8 Å². The lowest BCUT2D eigenvalue weighted by Gasteiger charge is -2.22. The Balaban J connectivity index is 1.82. The van der Waals surface area contributed by atoms with Crippen LogP contribution < -0.4 is 10.1 Å². The second-order valence-corrected chi connectivity index (χ2v) is 7.47. The summed E-state index contributed by atoms with van der Waals surface area (Å²) in [7, 11) is 0. The highest BCUT2D eigenvalue weighted by Gasteiger charge is 2.49. The fourth-order valence-electron chi connectivity index (χ4n) is 3.65. The maximum Gasteiger partial charge on any atom is 0.387 e. The Morgan fingerprint density at radius 3 is 2.35 bits per heavy atom. The number of Topliss-reactive ketones (excluding diaryl/α,β-unsaturated/α-hetero) is 1. The summed E-state index contributed by atoms with van der Waals surface area (Å²) >= 11 is 0. The van der Waals surface area contributed by atoms with Gasteiger partial charge in [0, 0.05) is 5.56 Å². The molecule has 0 aliphatic carbocycles. The number of amides is 3. The molecule has 3 amide bonds. The normalized spacial score (nSPS) is 18.5. The van der Waals surface area contributed by atoms with E-state index in [4.69, 9.17) is 0 Å². The molecule has 0 aromatic heterocycles. The summed E-state index contributed by atoms with van der Waals surface area (Å²) in [5, 5.41) is 2.61. The molecular weight excluding hydrogens is 406 g/mol. The molecular formula is C23H24F2N2O4. The molecule has 3 rings (SSSR count). The minimum atomic E-state index is -2.96. The van der Waals surface area contributed by atoms with Crippen LogP contribution >= 0.6 is 0 Å². The summed E-state index contributed by atoms with van der Waals surface area (Å²) in [6, 6.07) is 10.4. The zero-order valence-electron chi connectivity index (χ0n) is 17.6. The fraction of sp³-hybridized carbons (Fsp3) is 0.348. The summed E-state index contributed by atoms with van der Waals surface area (Å²) in [6.45, 7) is 2.08. The second-order valence-electron chi connectivity index (χ2n) is 7.47. The standard InChI is InChI=1S/C23H24F2N2O4/c1-4-14-6-7-15(5-2)18(12-14)19(28)13-27-20(29)23(3,26-22(27)30)16-8-10-17(11-9-16)31-21(24)25/h6-12,21H,4-5,13H2,1-3H3,(H,26,30). The van der Waals surface area contributed by atoms with Gasteiger partial charge in [-0.25, -0.2) is 4.79 Å². The minimum Gasteiger partial charge on any atom is -0.435 e. The number of benzene rings is 2. The van der Waals surface area contributed by atoms with Gasteiger partial charge in [-0.3, -0.25) is 14.5 Å². The number of carbonyl (C=O) groups is 3. The van der Waals surface area contributed by atoms with Crippen LogP contribution in [0.1, 0.15) is 47.8 Å². The van der Waals surface area contributed by atoms with E-state index in [0.717, 1.165) is 22.4 Å². The highest BCUT2D eigenvalue weighted by atomic mass is 19.3. The Kier molecular flexibility index (Phi) is 6.38. The zero-order valence-corrected chi connectivity index (χ0v) is 17.6. The van der Waals surface area contributed by atoms with Crippen molar-refractivity contribution in [1.29, 1.82) is 0 Å². The third-order valence-corrected chi connectivity index (χ3v) is 5.50. The molecule has 0 spiro atoms. The molecule has 1 unspecified atom stereocenters. The molecule has 1 saturated heterocycles. The number of aryl methyl sites for hydroxylation is 2. The number of urea groups is 1. The van der Waals surface area contributed by atoms with Crippen molar-refractivity contribution in [3.05, 3.63) is 64.7 Å². The number of rotatable bonds is 8. The van der Waals surface area contributed by atoms with E-state index in [0.29, 0.717) is 17.5 Å². The van der Waals surface area contributed by atoms with Crippen molar-refractivity contribution in [1.82, 2.24) is 10.2 Å². The lowest BCUT2D eigenvalue weighted by molar-refractivity contribution is -0.130. The second kappa shape index (κ2) is 8.83. The van der Waals surface area contributed by atoms with E-state index >= 15 is 0 Å². The Labute approximate surface area is 179 Å². The first-order chi connectivity index (χ1) is 14.7. The summed E-state index contributed by atoms with van der Waals surface area (Å²) in [6.07, 6.45) is 1.41. The number of imide groups is 1. The van der Waals surface area contributed by atoms with Gasteiger partial charge < -0.3 is 10.1 Å². The molecule has 0 radical (unpaired) electrons. The number of nitrogens with one attached hydrogen (secondary N) is 1. The SMILES string of the molecule is CCc1ccc(CC)c(C(=O)CN2C(=O)NC(C)(c3ccc(OC(F)F)cc3)C2=O)c1. The van der Waals surface area contributed by atoms with Crippen molar-refractivity contribution >= 4 is 17.7 Å². The molecule has 1 atom stereocenters. The summed E-state index contributed by atoms with van der Waals surface area (Å²) in [5.41, 5.74) is 1.33. The molecule has 1 fully saturated rings. The Hall–Kier alpha value is -3.29. The largest absolute Gasteiger partial charge is 0.435 e. The van der Waals surface area contributed by atoms with Gasteiger partial charge in [0.1, 0.15) is 11.3 Å². The molecule has 1 N–H and O–H groups in total. The topological polar surface area (TPSA) is 75.7 Å². The predicted molar refractivity (Wildman–Crippen MR) is 110 cm³/mol. The zero-order chi connectivity index (χ0) is 22.8. The predicted octanol–water partition coefficient (Wildman–Crippen LogP) is 4.06. The monoisotopic (exact) mass is 430 g/mol. The maximum absolute atomic E-state index is 13.1. The Morgan fingerprint density at radius 1 is 1.10 bits per heavy atom. The number of carbonyl (C=O) groups excluding carboxylic acids is 3. The van der Waals surface area contributed by atoms with E-state index in [1.54, 1.807) is 6.07 Å². The van der Waals surface area contributed by atoms with Gasteiger partial charge in [0.15, 0.2) is 5.78 Å². The van der Waals surface area contributed by atoms with E-state index in [2.05, 4.69) is 10.1 Å². The molecule has 0 saturated carbocycles. The Bertz CT molecular complexity index is 1010. The van der Waals surface area contributed by atoms with Crippen LogP contribution in [0, 0.1) is 0 Å². The number of ether oxygens (including phenoxy) is 1. The average Bonchev–Trinajstić information content (AvgIpc) is 2.97. The smallest absolute Gasteiger partial charge is 0.387 e. The van der Waals surface area contributed by atoms with Gasteiger partial charge in [-0.1, -0.05) is 38.1 Å². The van der Waals surface area contributed by atoms with Crippen molar-refractivity contribution in [2.75, 3.05) is 6.54 Å². The van der Waals surface area contributed by atoms with Gasteiger partial charge in [-0.15, -0.1) is 0 Å². The number of ketones is 1. The van der Waals surface area contributed by atoms with Gasteiger partial charge in [0.2, 0.25) is 0 Å². The molecule has 31 heavy (non-hydrogen) atoms. The van der Waals surface area contributed by atoms with Gasteiger partial charge in [0.05, 0.1) is 6.54 Å².